The zero-order valence-corrected chi connectivity index (χ0v) is 9.40. The Morgan fingerprint density at radius 1 is 1.38 bits per heavy atom. The molecule has 86 valence electrons. The summed E-state index contributed by atoms with van der Waals surface area (Å²) < 4.78 is 5.82. The van der Waals surface area contributed by atoms with E-state index in [1.54, 1.807) is 12.1 Å². The maximum atomic E-state index is 11.1. The van der Waals surface area contributed by atoms with Crippen molar-refractivity contribution >= 4 is 5.97 Å². The molecule has 3 heteroatoms. The minimum Gasteiger partial charge on any atom is -0.489 e. The second-order valence-electron chi connectivity index (χ2n) is 4.28. The molecule has 0 amide bonds. The van der Waals surface area contributed by atoms with Crippen LogP contribution in [0.2, 0.25) is 0 Å². The van der Waals surface area contributed by atoms with Crippen molar-refractivity contribution in [3.05, 3.63) is 29.3 Å². The lowest BCUT2D eigenvalue weighted by Gasteiger charge is -2.16. The summed E-state index contributed by atoms with van der Waals surface area (Å²) in [5.41, 5.74) is 1.17. The Morgan fingerprint density at radius 3 is 2.69 bits per heavy atom. The first kappa shape index (κ1) is 11.0. The number of aromatic carboxylic acids is 1. The smallest absolute Gasteiger partial charge is 0.339 e. The van der Waals surface area contributed by atoms with Crippen molar-refractivity contribution in [2.45, 2.75) is 38.7 Å². The molecule has 0 aromatic heterocycles. The standard InChI is InChI=1S/C13H16O3/c1-9-5-4-8-11(13(14)15)12(9)16-10-6-2-3-7-10/h4-5,8,10H,2-3,6-7H2,1H3,(H,14,15). The zero-order valence-electron chi connectivity index (χ0n) is 9.40. The average Bonchev–Trinajstić information content (AvgIpc) is 2.73. The van der Waals surface area contributed by atoms with Gasteiger partial charge in [0.15, 0.2) is 0 Å². The second-order valence-corrected chi connectivity index (χ2v) is 4.28. The predicted molar refractivity (Wildman–Crippen MR) is 61.0 cm³/mol. The van der Waals surface area contributed by atoms with Crippen molar-refractivity contribution in [2.24, 2.45) is 0 Å². The van der Waals surface area contributed by atoms with Crippen molar-refractivity contribution < 1.29 is 14.6 Å². The Labute approximate surface area is 95.0 Å². The van der Waals surface area contributed by atoms with Gasteiger partial charge in [0, 0.05) is 0 Å². The molecule has 1 aliphatic rings. The summed E-state index contributed by atoms with van der Waals surface area (Å²) in [6, 6.07) is 5.23. The van der Waals surface area contributed by atoms with Crippen LogP contribution in [0.4, 0.5) is 0 Å². The molecule has 1 aromatic rings. The van der Waals surface area contributed by atoms with Gasteiger partial charge in [-0.05, 0) is 44.2 Å². The molecule has 1 aliphatic carbocycles. The van der Waals surface area contributed by atoms with E-state index < -0.39 is 5.97 Å². The highest BCUT2D eigenvalue weighted by molar-refractivity contribution is 5.91. The minimum absolute atomic E-state index is 0.194. The lowest BCUT2D eigenvalue weighted by Crippen LogP contribution is -2.14. The first-order valence-electron chi connectivity index (χ1n) is 5.68. The van der Waals surface area contributed by atoms with Gasteiger partial charge in [-0.15, -0.1) is 0 Å². The third-order valence-electron chi connectivity index (χ3n) is 3.03. The number of carbonyl (C=O) groups is 1. The zero-order chi connectivity index (χ0) is 11.5. The normalized spacial score (nSPS) is 16.3. The SMILES string of the molecule is Cc1cccc(C(=O)O)c1OC1CCCC1. The first-order valence-corrected chi connectivity index (χ1v) is 5.68. The average molecular weight is 220 g/mol. The molecular formula is C13H16O3. The summed E-state index contributed by atoms with van der Waals surface area (Å²) in [6.45, 7) is 1.89. The van der Waals surface area contributed by atoms with Gasteiger partial charge < -0.3 is 9.84 Å². The van der Waals surface area contributed by atoms with Crippen LogP contribution in [0.15, 0.2) is 18.2 Å². The molecule has 0 aliphatic heterocycles. The van der Waals surface area contributed by atoms with Crippen molar-refractivity contribution in [2.75, 3.05) is 0 Å². The Balaban J connectivity index is 2.26. The number of hydrogen-bond donors (Lipinski definition) is 1. The van der Waals surface area contributed by atoms with Gasteiger partial charge in [-0.1, -0.05) is 12.1 Å². The topological polar surface area (TPSA) is 46.5 Å². The Hall–Kier alpha value is -1.51. The largest absolute Gasteiger partial charge is 0.489 e. The van der Waals surface area contributed by atoms with Crippen LogP contribution in [0, 0.1) is 6.92 Å². The van der Waals surface area contributed by atoms with Crippen LogP contribution in [0.25, 0.3) is 0 Å². The van der Waals surface area contributed by atoms with Crippen molar-refractivity contribution in [1.29, 1.82) is 0 Å². The van der Waals surface area contributed by atoms with E-state index in [4.69, 9.17) is 9.84 Å². The van der Waals surface area contributed by atoms with Crippen LogP contribution in [-0.2, 0) is 0 Å². The summed E-state index contributed by atoms with van der Waals surface area (Å²) in [5.74, 6) is -0.376. The molecule has 1 fully saturated rings. The van der Waals surface area contributed by atoms with E-state index >= 15 is 0 Å². The maximum Gasteiger partial charge on any atom is 0.339 e. The molecular weight excluding hydrogens is 204 g/mol. The van der Waals surface area contributed by atoms with E-state index in [1.807, 2.05) is 13.0 Å². The highest BCUT2D eigenvalue weighted by Crippen LogP contribution is 2.29. The number of rotatable bonds is 3. The fraction of sp³-hybridized carbons (Fsp3) is 0.462. The van der Waals surface area contributed by atoms with Gasteiger partial charge in [-0.3, -0.25) is 0 Å². The van der Waals surface area contributed by atoms with Crippen LogP contribution < -0.4 is 4.74 Å². The number of benzene rings is 1. The number of carboxylic acids is 1. The summed E-state index contributed by atoms with van der Waals surface area (Å²) in [6.07, 6.45) is 4.62. The molecule has 0 saturated heterocycles. The van der Waals surface area contributed by atoms with E-state index in [9.17, 15) is 4.79 Å². The molecule has 1 saturated carbocycles. The molecule has 3 nitrogen and oxygen atoms in total. The summed E-state index contributed by atoms with van der Waals surface area (Å²) in [5, 5.41) is 9.08. The molecule has 0 spiro atoms. The van der Waals surface area contributed by atoms with E-state index in [0.717, 1.165) is 18.4 Å². The van der Waals surface area contributed by atoms with Gasteiger partial charge in [0.25, 0.3) is 0 Å². The Bertz CT molecular complexity index is 392. The molecule has 0 atom stereocenters. The molecule has 0 bridgehead atoms. The van der Waals surface area contributed by atoms with Gasteiger partial charge in [0.2, 0.25) is 0 Å². The van der Waals surface area contributed by atoms with Gasteiger partial charge in [0.1, 0.15) is 11.3 Å². The first-order chi connectivity index (χ1) is 7.68. The van der Waals surface area contributed by atoms with Crippen molar-refractivity contribution in [1.82, 2.24) is 0 Å². The fourth-order valence-corrected chi connectivity index (χ4v) is 2.15. The molecule has 1 N–H and O–H groups in total. The Kier molecular flexibility index (Phi) is 3.13. The van der Waals surface area contributed by atoms with Gasteiger partial charge in [0.05, 0.1) is 6.10 Å². The minimum atomic E-state index is -0.920. The van der Waals surface area contributed by atoms with Crippen LogP contribution in [0.1, 0.15) is 41.6 Å². The van der Waals surface area contributed by atoms with Gasteiger partial charge in [-0.25, -0.2) is 4.79 Å². The third-order valence-corrected chi connectivity index (χ3v) is 3.03. The van der Waals surface area contributed by atoms with E-state index in [2.05, 4.69) is 0 Å². The van der Waals surface area contributed by atoms with Crippen LogP contribution in [0.5, 0.6) is 5.75 Å². The van der Waals surface area contributed by atoms with Gasteiger partial charge in [-0.2, -0.15) is 0 Å². The molecule has 2 rings (SSSR count). The van der Waals surface area contributed by atoms with E-state index in [0.29, 0.717) is 5.75 Å². The number of ether oxygens (including phenoxy) is 1. The third kappa shape index (κ3) is 2.18. The second kappa shape index (κ2) is 4.56. The van der Waals surface area contributed by atoms with Crippen molar-refractivity contribution in [3.8, 4) is 5.75 Å². The monoisotopic (exact) mass is 220 g/mol. The summed E-state index contributed by atoms with van der Waals surface area (Å²) in [4.78, 5) is 11.1. The molecule has 16 heavy (non-hydrogen) atoms. The number of aryl methyl sites for hydroxylation is 1. The lowest BCUT2D eigenvalue weighted by atomic mass is 10.1. The highest BCUT2D eigenvalue weighted by atomic mass is 16.5. The highest BCUT2D eigenvalue weighted by Gasteiger charge is 2.20. The number of hydrogen-bond acceptors (Lipinski definition) is 2. The van der Waals surface area contributed by atoms with E-state index in [1.165, 1.54) is 12.8 Å². The van der Waals surface area contributed by atoms with Crippen molar-refractivity contribution in [3.63, 3.8) is 0 Å². The fourth-order valence-electron chi connectivity index (χ4n) is 2.15. The predicted octanol–water partition coefficient (Wildman–Crippen LogP) is 3.01. The summed E-state index contributed by atoms with van der Waals surface area (Å²) in [7, 11) is 0. The summed E-state index contributed by atoms with van der Waals surface area (Å²) >= 11 is 0. The molecule has 0 unspecified atom stereocenters. The Morgan fingerprint density at radius 2 is 2.06 bits per heavy atom. The maximum absolute atomic E-state index is 11.1. The van der Waals surface area contributed by atoms with E-state index in [-0.39, 0.29) is 11.7 Å². The lowest BCUT2D eigenvalue weighted by molar-refractivity contribution is 0.0689. The van der Waals surface area contributed by atoms with Crippen LogP contribution in [-0.4, -0.2) is 17.2 Å². The molecule has 0 heterocycles. The molecule has 1 aromatic carbocycles. The molecule has 0 radical (unpaired) electrons. The quantitative estimate of drug-likeness (QED) is 0.851. The van der Waals surface area contributed by atoms with Gasteiger partial charge >= 0.3 is 5.97 Å². The number of carboxylic acid groups (broad SMARTS) is 1. The van der Waals surface area contributed by atoms with Crippen LogP contribution >= 0.6 is 0 Å². The number of para-hydroxylation sites is 1. The van der Waals surface area contributed by atoms with Crippen LogP contribution in [0.3, 0.4) is 0 Å².